The van der Waals surface area contributed by atoms with Crippen LogP contribution in [-0.2, 0) is 9.53 Å². The van der Waals surface area contributed by atoms with Gasteiger partial charge in [0.15, 0.2) is 0 Å². The number of carbonyl (C=O) groups is 1. The zero-order valence-electron chi connectivity index (χ0n) is 12.8. The second-order valence-electron chi connectivity index (χ2n) is 5.27. The summed E-state index contributed by atoms with van der Waals surface area (Å²) < 4.78 is 31.6. The predicted octanol–water partition coefficient (Wildman–Crippen LogP) is 5.52. The van der Waals surface area contributed by atoms with Crippen LogP contribution in [0.1, 0.15) is 72.1 Å². The lowest BCUT2D eigenvalue weighted by molar-refractivity contribution is -0.173. The van der Waals surface area contributed by atoms with E-state index in [-0.39, 0.29) is 6.61 Å². The smallest absolute Gasteiger partial charge is 0.377 e. The van der Waals surface area contributed by atoms with Gasteiger partial charge in [0, 0.05) is 9.84 Å². The Balaban J connectivity index is 4.37. The topological polar surface area (TPSA) is 26.3 Å². The lowest BCUT2D eigenvalue weighted by Crippen LogP contribution is -2.38. The highest BCUT2D eigenvalue weighted by Gasteiger charge is 2.46. The summed E-state index contributed by atoms with van der Waals surface area (Å²) in [6, 6.07) is 0. The van der Waals surface area contributed by atoms with E-state index >= 15 is 0 Å². The number of carbonyl (C=O) groups excluding carboxylic acids is 1. The standard InChI is InChI=1S/C15H27F2IO2/c1-4-7-8-9-10-11-14(18,5-2)12-15(16,17)13(19)20-6-3/h4-12H2,1-3H3. The van der Waals surface area contributed by atoms with E-state index in [9.17, 15) is 13.6 Å². The Hall–Kier alpha value is 0.0600. The van der Waals surface area contributed by atoms with Gasteiger partial charge in [-0.2, -0.15) is 8.78 Å². The minimum Gasteiger partial charge on any atom is -0.462 e. The fraction of sp³-hybridized carbons (Fsp3) is 0.933. The van der Waals surface area contributed by atoms with Gasteiger partial charge in [-0.3, -0.25) is 0 Å². The van der Waals surface area contributed by atoms with Crippen molar-refractivity contribution in [1.82, 2.24) is 0 Å². The molecule has 0 aromatic heterocycles. The molecule has 0 bridgehead atoms. The van der Waals surface area contributed by atoms with Crippen molar-refractivity contribution in [2.45, 2.75) is 81.5 Å². The molecule has 0 aliphatic carbocycles. The maximum atomic E-state index is 13.8. The zero-order valence-corrected chi connectivity index (χ0v) is 15.0. The van der Waals surface area contributed by atoms with Crippen molar-refractivity contribution < 1.29 is 18.3 Å². The van der Waals surface area contributed by atoms with E-state index in [1.807, 2.05) is 6.92 Å². The van der Waals surface area contributed by atoms with Crippen molar-refractivity contribution in [2.75, 3.05) is 6.61 Å². The monoisotopic (exact) mass is 404 g/mol. The average Bonchev–Trinajstić information content (AvgIpc) is 2.38. The molecule has 0 amide bonds. The Labute approximate surface area is 135 Å². The number of ether oxygens (including phenoxy) is 1. The molecule has 0 aliphatic rings. The number of halogens is 3. The highest BCUT2D eigenvalue weighted by Crippen LogP contribution is 2.40. The van der Waals surface area contributed by atoms with E-state index in [1.54, 1.807) is 6.92 Å². The second kappa shape index (κ2) is 9.90. The quantitative estimate of drug-likeness (QED) is 0.196. The highest BCUT2D eigenvalue weighted by atomic mass is 127. The van der Waals surface area contributed by atoms with Gasteiger partial charge in [0.25, 0.3) is 0 Å². The molecule has 0 spiro atoms. The van der Waals surface area contributed by atoms with Gasteiger partial charge in [-0.25, -0.2) is 4.79 Å². The summed E-state index contributed by atoms with van der Waals surface area (Å²) in [5.74, 6) is -4.77. The molecule has 0 aromatic rings. The van der Waals surface area contributed by atoms with Crippen LogP contribution in [0.15, 0.2) is 0 Å². The van der Waals surface area contributed by atoms with Crippen molar-refractivity contribution in [1.29, 1.82) is 0 Å². The van der Waals surface area contributed by atoms with Gasteiger partial charge in [0.2, 0.25) is 0 Å². The summed E-state index contributed by atoms with van der Waals surface area (Å²) >= 11 is 2.10. The van der Waals surface area contributed by atoms with E-state index in [4.69, 9.17) is 0 Å². The first-order valence-electron chi connectivity index (χ1n) is 7.55. The number of hydrogen-bond acceptors (Lipinski definition) is 2. The second-order valence-corrected chi connectivity index (χ2v) is 7.56. The molecule has 2 nitrogen and oxygen atoms in total. The summed E-state index contributed by atoms with van der Waals surface area (Å²) in [6.07, 6.45) is 6.46. The highest BCUT2D eigenvalue weighted by molar-refractivity contribution is 14.1. The molecule has 0 rings (SSSR count). The first kappa shape index (κ1) is 20.1. The fourth-order valence-electron chi connectivity index (χ4n) is 2.14. The van der Waals surface area contributed by atoms with Crippen LogP contribution in [0.5, 0.6) is 0 Å². The number of unbranched alkanes of at least 4 members (excludes halogenated alkanes) is 4. The molecule has 5 heteroatoms. The SMILES string of the molecule is CCCCCCCC(I)(CC)CC(F)(F)C(=O)OCC. The Morgan fingerprint density at radius 3 is 2.20 bits per heavy atom. The summed E-state index contributed by atoms with van der Waals surface area (Å²) in [5.41, 5.74) is 0. The first-order chi connectivity index (χ1) is 9.31. The number of rotatable bonds is 11. The van der Waals surface area contributed by atoms with Crippen molar-refractivity contribution in [3.63, 3.8) is 0 Å². The molecule has 1 unspecified atom stereocenters. The van der Waals surface area contributed by atoms with Crippen LogP contribution in [-0.4, -0.2) is 21.9 Å². The Kier molecular flexibility index (Phi) is 9.93. The summed E-state index contributed by atoms with van der Waals surface area (Å²) in [6.45, 7) is 5.58. The van der Waals surface area contributed by atoms with Crippen LogP contribution in [0.4, 0.5) is 8.78 Å². The molecule has 20 heavy (non-hydrogen) atoms. The van der Waals surface area contributed by atoms with Crippen LogP contribution in [0.2, 0.25) is 0 Å². The van der Waals surface area contributed by atoms with Crippen molar-refractivity contribution >= 4 is 28.6 Å². The van der Waals surface area contributed by atoms with E-state index in [2.05, 4.69) is 34.3 Å². The number of alkyl halides is 3. The predicted molar refractivity (Wildman–Crippen MR) is 86.6 cm³/mol. The third-order valence-electron chi connectivity index (χ3n) is 3.47. The Bertz CT molecular complexity index is 285. The molecule has 0 fully saturated rings. The third-order valence-corrected chi connectivity index (χ3v) is 5.16. The third kappa shape index (κ3) is 7.74. The van der Waals surface area contributed by atoms with Gasteiger partial charge in [0.05, 0.1) is 6.61 Å². The zero-order chi connectivity index (χ0) is 15.6. The van der Waals surface area contributed by atoms with Crippen molar-refractivity contribution in [3.05, 3.63) is 0 Å². The van der Waals surface area contributed by atoms with Gasteiger partial charge in [-0.05, 0) is 19.8 Å². The van der Waals surface area contributed by atoms with Gasteiger partial charge < -0.3 is 4.74 Å². The molecule has 0 aromatic carbocycles. The largest absolute Gasteiger partial charge is 0.462 e. The van der Waals surface area contributed by atoms with Crippen molar-refractivity contribution in [2.24, 2.45) is 0 Å². The lowest BCUT2D eigenvalue weighted by atomic mass is 9.91. The minimum absolute atomic E-state index is 0.00812. The number of hydrogen-bond donors (Lipinski definition) is 0. The molecule has 0 saturated heterocycles. The van der Waals surface area contributed by atoms with Crippen LogP contribution >= 0.6 is 22.6 Å². The van der Waals surface area contributed by atoms with Crippen LogP contribution in [0.3, 0.4) is 0 Å². The molecule has 0 N–H and O–H groups in total. The van der Waals surface area contributed by atoms with E-state index in [0.29, 0.717) is 6.42 Å². The molecular weight excluding hydrogens is 377 g/mol. The molecular formula is C15H27F2IO2. The molecule has 0 heterocycles. The summed E-state index contributed by atoms with van der Waals surface area (Å²) in [4.78, 5) is 11.3. The van der Waals surface area contributed by atoms with Gasteiger partial charge in [0.1, 0.15) is 0 Å². The maximum Gasteiger partial charge on any atom is 0.377 e. The lowest BCUT2D eigenvalue weighted by Gasteiger charge is -2.29. The molecule has 120 valence electrons. The normalized spacial score (nSPS) is 14.9. The molecule has 0 saturated carbocycles. The van der Waals surface area contributed by atoms with E-state index < -0.39 is 21.7 Å². The number of esters is 1. The Morgan fingerprint density at radius 2 is 1.70 bits per heavy atom. The van der Waals surface area contributed by atoms with E-state index in [0.717, 1.165) is 25.7 Å². The first-order valence-corrected chi connectivity index (χ1v) is 8.63. The van der Waals surface area contributed by atoms with Crippen LogP contribution in [0.25, 0.3) is 0 Å². The Morgan fingerprint density at radius 1 is 1.10 bits per heavy atom. The molecule has 0 radical (unpaired) electrons. The van der Waals surface area contributed by atoms with Crippen LogP contribution in [0, 0.1) is 0 Å². The summed E-state index contributed by atoms with van der Waals surface area (Å²) in [7, 11) is 0. The average molecular weight is 404 g/mol. The van der Waals surface area contributed by atoms with Gasteiger partial charge >= 0.3 is 11.9 Å². The van der Waals surface area contributed by atoms with E-state index in [1.165, 1.54) is 12.8 Å². The summed E-state index contributed by atoms with van der Waals surface area (Å²) in [5, 5.41) is 0. The minimum atomic E-state index is -3.38. The maximum absolute atomic E-state index is 13.8. The molecule has 1 atom stereocenters. The van der Waals surface area contributed by atoms with Crippen molar-refractivity contribution in [3.8, 4) is 0 Å². The fourth-order valence-corrected chi connectivity index (χ4v) is 3.00. The molecule has 0 aliphatic heterocycles. The van der Waals surface area contributed by atoms with Crippen LogP contribution < -0.4 is 0 Å². The van der Waals surface area contributed by atoms with Gasteiger partial charge in [-0.15, -0.1) is 0 Å². The van der Waals surface area contributed by atoms with Gasteiger partial charge in [-0.1, -0.05) is 68.5 Å².